The van der Waals surface area contributed by atoms with Crippen LogP contribution >= 0.6 is 0 Å². The average Bonchev–Trinajstić information content (AvgIpc) is 1.96. The lowest BCUT2D eigenvalue weighted by molar-refractivity contribution is -0.204. The molecule has 0 unspecified atom stereocenters. The van der Waals surface area contributed by atoms with Gasteiger partial charge in [0.1, 0.15) is 5.60 Å². The molecule has 0 aromatic heterocycles. The van der Waals surface area contributed by atoms with Crippen LogP contribution in [0.5, 0.6) is 0 Å². The minimum atomic E-state index is -5.13. The van der Waals surface area contributed by atoms with E-state index in [1.165, 1.54) is 26.1 Å². The number of amides is 1. The number of alkyl carbamates (subject to hydrolysis) is 1. The van der Waals surface area contributed by atoms with Gasteiger partial charge in [-0.05, 0) is 27.7 Å². The van der Waals surface area contributed by atoms with Crippen LogP contribution < -0.4 is 5.32 Å². The van der Waals surface area contributed by atoms with Crippen LogP contribution in [-0.2, 0) is 9.53 Å². The maximum absolute atomic E-state index is 12.5. The monoisotopic (exact) mass is 257 g/mol. The van der Waals surface area contributed by atoms with Crippen molar-refractivity contribution in [3.05, 3.63) is 0 Å². The second-order valence-corrected chi connectivity index (χ2v) is 4.55. The van der Waals surface area contributed by atoms with E-state index in [9.17, 15) is 22.8 Å². The molecule has 0 rings (SSSR count). The highest BCUT2D eigenvalue weighted by Crippen LogP contribution is 2.30. The normalized spacial score (nSPS) is 15.9. The molecule has 0 saturated carbocycles. The van der Waals surface area contributed by atoms with Crippen molar-refractivity contribution in [3.8, 4) is 0 Å². The van der Waals surface area contributed by atoms with E-state index < -0.39 is 29.4 Å². The van der Waals surface area contributed by atoms with Crippen molar-refractivity contribution in [3.63, 3.8) is 0 Å². The summed E-state index contributed by atoms with van der Waals surface area (Å²) in [5, 5.41) is 9.83. The van der Waals surface area contributed by atoms with E-state index in [1.807, 2.05) is 0 Å². The Morgan fingerprint density at radius 3 is 1.76 bits per heavy atom. The number of rotatable bonds is 2. The first-order valence-corrected chi connectivity index (χ1v) is 4.61. The molecule has 0 heterocycles. The fraction of sp³-hybridized carbons (Fsp3) is 0.778. The standard InChI is InChI=1S/C9H14F3NO4/c1-7(2,3)17-6(16)13-8(4,5(14)15)9(10,11)12/h1-4H3,(H,13,16)(H,14,15)/t8-/m1/s1. The van der Waals surface area contributed by atoms with Gasteiger partial charge in [0.2, 0.25) is 5.54 Å². The van der Waals surface area contributed by atoms with Crippen LogP contribution in [0, 0.1) is 0 Å². The van der Waals surface area contributed by atoms with Gasteiger partial charge in [-0.15, -0.1) is 0 Å². The molecule has 100 valence electrons. The molecular formula is C9H14F3NO4. The lowest BCUT2D eigenvalue weighted by Gasteiger charge is -2.30. The Balaban J connectivity index is 4.93. The topological polar surface area (TPSA) is 75.6 Å². The second-order valence-electron chi connectivity index (χ2n) is 4.55. The zero-order valence-electron chi connectivity index (χ0n) is 9.81. The summed E-state index contributed by atoms with van der Waals surface area (Å²) in [7, 11) is 0. The zero-order chi connectivity index (χ0) is 14.1. The van der Waals surface area contributed by atoms with Gasteiger partial charge >= 0.3 is 18.2 Å². The number of hydrogen-bond donors (Lipinski definition) is 2. The Morgan fingerprint density at radius 1 is 1.12 bits per heavy atom. The van der Waals surface area contributed by atoms with Gasteiger partial charge in [-0.1, -0.05) is 0 Å². The van der Waals surface area contributed by atoms with E-state index in [1.54, 1.807) is 0 Å². The van der Waals surface area contributed by atoms with Crippen molar-refractivity contribution in [1.29, 1.82) is 0 Å². The van der Waals surface area contributed by atoms with E-state index >= 15 is 0 Å². The molecule has 8 heteroatoms. The van der Waals surface area contributed by atoms with Gasteiger partial charge < -0.3 is 9.84 Å². The number of halogens is 3. The number of carbonyl (C=O) groups excluding carboxylic acids is 1. The summed E-state index contributed by atoms with van der Waals surface area (Å²) in [6.07, 6.45) is -6.57. The van der Waals surface area contributed by atoms with Gasteiger partial charge in [0.25, 0.3) is 0 Å². The van der Waals surface area contributed by atoms with Crippen molar-refractivity contribution in [2.45, 2.75) is 45.0 Å². The van der Waals surface area contributed by atoms with Gasteiger partial charge in [-0.25, -0.2) is 9.59 Å². The highest BCUT2D eigenvalue weighted by atomic mass is 19.4. The van der Waals surface area contributed by atoms with Crippen LogP contribution in [0.1, 0.15) is 27.7 Å². The average molecular weight is 257 g/mol. The summed E-state index contributed by atoms with van der Waals surface area (Å²) >= 11 is 0. The molecule has 0 aromatic rings. The number of alkyl halides is 3. The van der Waals surface area contributed by atoms with Crippen molar-refractivity contribution >= 4 is 12.1 Å². The molecule has 17 heavy (non-hydrogen) atoms. The van der Waals surface area contributed by atoms with Crippen molar-refractivity contribution in [2.75, 3.05) is 0 Å². The summed E-state index contributed by atoms with van der Waals surface area (Å²) in [5.74, 6) is -2.21. The molecule has 1 atom stereocenters. The third-order valence-electron chi connectivity index (χ3n) is 1.75. The Bertz CT molecular complexity index is 321. The van der Waals surface area contributed by atoms with Crippen molar-refractivity contribution in [1.82, 2.24) is 5.32 Å². The second kappa shape index (κ2) is 4.42. The zero-order valence-corrected chi connectivity index (χ0v) is 9.81. The quantitative estimate of drug-likeness (QED) is 0.792. The number of carbonyl (C=O) groups is 2. The predicted octanol–water partition coefficient (Wildman–Crippen LogP) is 1.92. The summed E-state index contributed by atoms with van der Waals surface area (Å²) in [5.41, 5.74) is -4.40. The van der Waals surface area contributed by atoms with Gasteiger partial charge in [-0.2, -0.15) is 13.2 Å². The van der Waals surface area contributed by atoms with Gasteiger partial charge in [0, 0.05) is 0 Å². The van der Waals surface area contributed by atoms with E-state index in [2.05, 4.69) is 4.74 Å². The summed E-state index contributed by atoms with van der Waals surface area (Å²) in [4.78, 5) is 21.7. The van der Waals surface area contributed by atoms with E-state index in [4.69, 9.17) is 5.11 Å². The lowest BCUT2D eigenvalue weighted by Crippen LogP contribution is -2.62. The largest absolute Gasteiger partial charge is 0.479 e. The van der Waals surface area contributed by atoms with Gasteiger partial charge in [-0.3, -0.25) is 5.32 Å². The highest BCUT2D eigenvalue weighted by molar-refractivity contribution is 5.85. The number of hydrogen-bond acceptors (Lipinski definition) is 3. The van der Waals surface area contributed by atoms with Crippen LogP contribution in [0.2, 0.25) is 0 Å². The molecule has 5 nitrogen and oxygen atoms in total. The molecule has 0 saturated heterocycles. The number of carboxylic acid groups (broad SMARTS) is 1. The van der Waals surface area contributed by atoms with E-state index in [0.717, 1.165) is 0 Å². The van der Waals surface area contributed by atoms with Crippen molar-refractivity contribution in [2.24, 2.45) is 0 Å². The Labute approximate surface area is 95.9 Å². The lowest BCUT2D eigenvalue weighted by atomic mass is 10.0. The molecule has 0 aliphatic carbocycles. The SMILES string of the molecule is CC(C)(C)OC(=O)N[C@](C)(C(=O)O)C(F)(F)F. The summed E-state index contributed by atoms with van der Waals surface area (Å²) < 4.78 is 42.1. The van der Waals surface area contributed by atoms with Crippen LogP contribution in [0.4, 0.5) is 18.0 Å². The molecule has 0 aliphatic rings. The smallest absolute Gasteiger partial charge is 0.422 e. The van der Waals surface area contributed by atoms with Crippen LogP contribution in [-0.4, -0.2) is 34.5 Å². The Morgan fingerprint density at radius 2 is 1.53 bits per heavy atom. The molecule has 0 bridgehead atoms. The summed E-state index contributed by atoms with van der Waals surface area (Å²) in [6, 6.07) is 0. The third-order valence-corrected chi connectivity index (χ3v) is 1.75. The van der Waals surface area contributed by atoms with Gasteiger partial charge in [0.05, 0.1) is 0 Å². The Hall–Kier alpha value is -1.47. The first kappa shape index (κ1) is 15.5. The Kier molecular flexibility index (Phi) is 4.04. The number of nitrogens with one attached hydrogen (secondary N) is 1. The fourth-order valence-corrected chi connectivity index (χ4v) is 0.753. The van der Waals surface area contributed by atoms with Crippen LogP contribution in [0.3, 0.4) is 0 Å². The van der Waals surface area contributed by atoms with E-state index in [0.29, 0.717) is 6.92 Å². The van der Waals surface area contributed by atoms with E-state index in [-0.39, 0.29) is 0 Å². The molecule has 1 amide bonds. The maximum Gasteiger partial charge on any atom is 0.422 e. The predicted molar refractivity (Wildman–Crippen MR) is 51.5 cm³/mol. The fourth-order valence-electron chi connectivity index (χ4n) is 0.753. The first-order valence-electron chi connectivity index (χ1n) is 4.61. The molecule has 0 radical (unpaired) electrons. The molecule has 0 fully saturated rings. The van der Waals surface area contributed by atoms with Gasteiger partial charge in [0.15, 0.2) is 0 Å². The number of carboxylic acids is 1. The van der Waals surface area contributed by atoms with Crippen LogP contribution in [0.15, 0.2) is 0 Å². The maximum atomic E-state index is 12.5. The minimum Gasteiger partial charge on any atom is -0.479 e. The first-order chi connectivity index (χ1) is 7.29. The van der Waals surface area contributed by atoms with Crippen molar-refractivity contribution < 1.29 is 32.6 Å². The minimum absolute atomic E-state index is 0.346. The number of ether oxygens (including phenoxy) is 1. The third kappa shape index (κ3) is 4.12. The molecular weight excluding hydrogens is 243 g/mol. The highest BCUT2D eigenvalue weighted by Gasteiger charge is 2.59. The molecule has 2 N–H and O–H groups in total. The summed E-state index contributed by atoms with van der Waals surface area (Å²) in [6.45, 7) is 4.67. The number of aliphatic carboxylic acids is 1. The van der Waals surface area contributed by atoms with Crippen LogP contribution in [0.25, 0.3) is 0 Å². The molecule has 0 aliphatic heterocycles. The molecule has 0 aromatic carbocycles. The molecule has 0 spiro atoms.